The number of nitrogens with one attached hydrogen (secondary N) is 2. The molecule has 2 atom stereocenters. The predicted octanol–water partition coefficient (Wildman–Crippen LogP) is 2.54. The van der Waals surface area contributed by atoms with Gasteiger partial charge in [0.15, 0.2) is 0 Å². The molecule has 0 saturated carbocycles. The first-order valence-corrected chi connectivity index (χ1v) is 7.15. The lowest BCUT2D eigenvalue weighted by atomic mass is 10.00. The van der Waals surface area contributed by atoms with Crippen LogP contribution in [-0.4, -0.2) is 21.8 Å². The predicted molar refractivity (Wildman–Crippen MR) is 76.6 cm³/mol. The summed E-state index contributed by atoms with van der Waals surface area (Å²) in [5.74, 6) is 1.90. The van der Waals surface area contributed by atoms with Crippen molar-refractivity contribution in [3.63, 3.8) is 0 Å². The molecule has 0 radical (unpaired) electrons. The van der Waals surface area contributed by atoms with E-state index in [0.29, 0.717) is 6.04 Å². The number of aromatic nitrogens is 3. The van der Waals surface area contributed by atoms with Gasteiger partial charge in [0.05, 0.1) is 12.6 Å². The molecule has 0 fully saturated rings. The monoisotopic (exact) mass is 272 g/mol. The highest BCUT2D eigenvalue weighted by atomic mass is 16.5. The van der Waals surface area contributed by atoms with Crippen LogP contribution in [0.25, 0.3) is 0 Å². The largest absolute Gasteiger partial charge is 0.493 e. The van der Waals surface area contributed by atoms with E-state index in [-0.39, 0.29) is 6.04 Å². The van der Waals surface area contributed by atoms with Crippen molar-refractivity contribution in [3.8, 4) is 5.75 Å². The van der Waals surface area contributed by atoms with Crippen LogP contribution < -0.4 is 10.1 Å². The van der Waals surface area contributed by atoms with Crippen molar-refractivity contribution in [1.82, 2.24) is 20.5 Å². The SMILES string of the molecule is CCC(NC(C)c1ncn[nH]1)c1ccc2c(c1)CCO2. The van der Waals surface area contributed by atoms with Gasteiger partial charge in [-0.1, -0.05) is 19.1 Å². The van der Waals surface area contributed by atoms with Crippen molar-refractivity contribution in [2.45, 2.75) is 38.8 Å². The second-order valence-corrected chi connectivity index (χ2v) is 5.19. The molecule has 2 unspecified atom stereocenters. The number of ether oxygens (including phenoxy) is 1. The molecular weight excluding hydrogens is 252 g/mol. The number of benzene rings is 1. The fraction of sp³-hybridized carbons (Fsp3) is 0.467. The van der Waals surface area contributed by atoms with Crippen LogP contribution in [0.5, 0.6) is 5.75 Å². The molecule has 2 heterocycles. The van der Waals surface area contributed by atoms with Crippen LogP contribution in [0.15, 0.2) is 24.5 Å². The minimum absolute atomic E-state index is 0.145. The average Bonchev–Trinajstić information content (AvgIpc) is 3.14. The normalized spacial score (nSPS) is 16.5. The van der Waals surface area contributed by atoms with Crippen molar-refractivity contribution < 1.29 is 4.74 Å². The van der Waals surface area contributed by atoms with E-state index in [1.807, 2.05) is 0 Å². The molecule has 1 aliphatic heterocycles. The highest BCUT2D eigenvalue weighted by Crippen LogP contribution is 2.29. The maximum absolute atomic E-state index is 5.56. The highest BCUT2D eigenvalue weighted by Gasteiger charge is 2.18. The second kappa shape index (κ2) is 5.63. The fourth-order valence-electron chi connectivity index (χ4n) is 2.68. The van der Waals surface area contributed by atoms with Crippen molar-refractivity contribution in [1.29, 1.82) is 0 Å². The smallest absolute Gasteiger partial charge is 0.141 e. The summed E-state index contributed by atoms with van der Waals surface area (Å²) in [6, 6.07) is 6.95. The number of H-pyrrole nitrogens is 1. The average molecular weight is 272 g/mol. The van der Waals surface area contributed by atoms with Gasteiger partial charge < -0.3 is 10.1 Å². The minimum Gasteiger partial charge on any atom is -0.493 e. The third-order valence-electron chi connectivity index (χ3n) is 3.82. The lowest BCUT2D eigenvalue weighted by Gasteiger charge is -2.21. The van der Waals surface area contributed by atoms with Crippen LogP contribution in [0.2, 0.25) is 0 Å². The first kappa shape index (κ1) is 13.1. The van der Waals surface area contributed by atoms with Gasteiger partial charge in [-0.15, -0.1) is 0 Å². The lowest BCUT2D eigenvalue weighted by Crippen LogP contribution is -2.25. The Hall–Kier alpha value is -1.88. The molecule has 0 amide bonds. The molecule has 5 heteroatoms. The Morgan fingerprint density at radius 2 is 2.35 bits per heavy atom. The summed E-state index contributed by atoms with van der Waals surface area (Å²) < 4.78 is 5.56. The molecule has 1 aliphatic rings. The molecule has 20 heavy (non-hydrogen) atoms. The zero-order chi connectivity index (χ0) is 13.9. The zero-order valence-electron chi connectivity index (χ0n) is 11.9. The summed E-state index contributed by atoms with van der Waals surface area (Å²) >= 11 is 0. The first-order valence-electron chi connectivity index (χ1n) is 7.15. The molecule has 0 aliphatic carbocycles. The van der Waals surface area contributed by atoms with Crippen LogP contribution >= 0.6 is 0 Å². The van der Waals surface area contributed by atoms with Crippen LogP contribution in [0, 0.1) is 0 Å². The Morgan fingerprint density at radius 1 is 1.45 bits per heavy atom. The molecule has 1 aromatic heterocycles. The van der Waals surface area contributed by atoms with E-state index in [9.17, 15) is 0 Å². The van der Waals surface area contributed by atoms with E-state index in [0.717, 1.165) is 31.0 Å². The van der Waals surface area contributed by atoms with E-state index in [2.05, 4.69) is 52.5 Å². The number of aromatic amines is 1. The first-order chi connectivity index (χ1) is 9.78. The van der Waals surface area contributed by atoms with Crippen LogP contribution in [0.4, 0.5) is 0 Å². The summed E-state index contributed by atoms with van der Waals surface area (Å²) in [4.78, 5) is 4.21. The van der Waals surface area contributed by atoms with E-state index in [1.165, 1.54) is 11.1 Å². The Balaban J connectivity index is 1.76. The van der Waals surface area contributed by atoms with Gasteiger partial charge in [0.1, 0.15) is 17.9 Å². The summed E-state index contributed by atoms with van der Waals surface area (Å²) in [7, 11) is 0. The van der Waals surface area contributed by atoms with E-state index in [1.54, 1.807) is 6.33 Å². The second-order valence-electron chi connectivity index (χ2n) is 5.19. The molecule has 0 spiro atoms. The van der Waals surface area contributed by atoms with Crippen molar-refractivity contribution in [2.75, 3.05) is 6.61 Å². The van der Waals surface area contributed by atoms with E-state index < -0.39 is 0 Å². The Kier molecular flexibility index (Phi) is 3.69. The Morgan fingerprint density at radius 3 is 3.10 bits per heavy atom. The van der Waals surface area contributed by atoms with Crippen molar-refractivity contribution in [3.05, 3.63) is 41.5 Å². The molecule has 106 valence electrons. The van der Waals surface area contributed by atoms with Crippen molar-refractivity contribution in [2.24, 2.45) is 0 Å². The van der Waals surface area contributed by atoms with Crippen LogP contribution in [0.1, 0.15) is 49.3 Å². The number of hydrogen-bond donors (Lipinski definition) is 2. The molecule has 3 rings (SSSR count). The molecule has 1 aromatic carbocycles. The Bertz CT molecular complexity index is 567. The number of rotatable bonds is 5. The van der Waals surface area contributed by atoms with E-state index in [4.69, 9.17) is 4.74 Å². The van der Waals surface area contributed by atoms with Gasteiger partial charge in [0, 0.05) is 12.5 Å². The number of nitrogens with zero attached hydrogens (tertiary/aromatic N) is 2. The van der Waals surface area contributed by atoms with Gasteiger partial charge in [-0.2, -0.15) is 5.10 Å². The third kappa shape index (κ3) is 2.54. The van der Waals surface area contributed by atoms with Gasteiger partial charge in [0.2, 0.25) is 0 Å². The van der Waals surface area contributed by atoms with Crippen LogP contribution in [0.3, 0.4) is 0 Å². The number of hydrogen-bond acceptors (Lipinski definition) is 4. The summed E-state index contributed by atoms with van der Waals surface area (Å²) in [6.07, 6.45) is 3.58. The quantitative estimate of drug-likeness (QED) is 0.878. The summed E-state index contributed by atoms with van der Waals surface area (Å²) in [5.41, 5.74) is 2.62. The molecule has 5 nitrogen and oxygen atoms in total. The molecular formula is C15H20N4O. The molecule has 2 aromatic rings. The minimum atomic E-state index is 0.145. The topological polar surface area (TPSA) is 62.8 Å². The van der Waals surface area contributed by atoms with Crippen molar-refractivity contribution >= 4 is 0 Å². The van der Waals surface area contributed by atoms with Gasteiger partial charge in [-0.3, -0.25) is 5.10 Å². The van der Waals surface area contributed by atoms with Crippen LogP contribution in [-0.2, 0) is 6.42 Å². The maximum Gasteiger partial charge on any atom is 0.141 e. The Labute approximate surface area is 118 Å². The standard InChI is InChI=1S/C15H20N4O/c1-3-13(18-10(2)15-16-9-17-19-15)11-4-5-14-12(8-11)6-7-20-14/h4-5,8-10,13,18H,3,6-7H2,1-2H3,(H,16,17,19). The van der Waals surface area contributed by atoms with Gasteiger partial charge >= 0.3 is 0 Å². The molecule has 0 bridgehead atoms. The maximum atomic E-state index is 5.56. The molecule has 0 saturated heterocycles. The highest BCUT2D eigenvalue weighted by molar-refractivity contribution is 5.40. The number of fused-ring (bicyclic) bond motifs is 1. The fourth-order valence-corrected chi connectivity index (χ4v) is 2.68. The third-order valence-corrected chi connectivity index (χ3v) is 3.82. The van der Waals surface area contributed by atoms with E-state index >= 15 is 0 Å². The molecule has 2 N–H and O–H groups in total. The lowest BCUT2D eigenvalue weighted by molar-refractivity contribution is 0.356. The summed E-state index contributed by atoms with van der Waals surface area (Å²) in [6.45, 7) is 5.09. The van der Waals surface area contributed by atoms with Gasteiger partial charge in [0.25, 0.3) is 0 Å². The summed E-state index contributed by atoms with van der Waals surface area (Å²) in [5, 5.41) is 10.4. The van der Waals surface area contributed by atoms with Gasteiger partial charge in [-0.05, 0) is 30.5 Å². The van der Waals surface area contributed by atoms with Gasteiger partial charge in [-0.25, -0.2) is 4.98 Å². The zero-order valence-corrected chi connectivity index (χ0v) is 11.9.